The molecule has 0 radical (unpaired) electrons. The molecule has 0 unspecified atom stereocenters. The van der Waals surface area contributed by atoms with Gasteiger partial charge in [-0.3, -0.25) is 9.78 Å². The largest absolute Gasteiger partial charge is 0.384 e. The van der Waals surface area contributed by atoms with E-state index < -0.39 is 0 Å². The van der Waals surface area contributed by atoms with Gasteiger partial charge in [0.15, 0.2) is 5.82 Å². The average Bonchev–Trinajstić information content (AvgIpc) is 3.07. The minimum Gasteiger partial charge on any atom is -0.384 e. The average molecular weight is 282 g/mol. The molecule has 0 saturated carbocycles. The molecule has 7 nitrogen and oxygen atoms in total. The van der Waals surface area contributed by atoms with E-state index in [0.29, 0.717) is 29.6 Å². The first-order valence-corrected chi connectivity index (χ1v) is 6.59. The maximum atomic E-state index is 11.8. The normalized spacial score (nSPS) is 12.3. The van der Waals surface area contributed by atoms with Crippen LogP contribution in [0.15, 0.2) is 16.2 Å². The third-order valence-corrected chi connectivity index (χ3v) is 3.16. The fourth-order valence-corrected chi connectivity index (χ4v) is 1.92. The molecule has 1 N–H and O–H groups in total. The smallest absolute Gasteiger partial charge is 0.263 e. The van der Waals surface area contributed by atoms with Crippen molar-refractivity contribution in [1.29, 1.82) is 0 Å². The summed E-state index contributed by atoms with van der Waals surface area (Å²) in [6.07, 6.45) is 2.10. The van der Waals surface area contributed by atoms with E-state index in [4.69, 9.17) is 9.26 Å². The SMILES string of the molecule is COCCc1noc([C@H](C)NC(=O)c2cncs2)n1. The van der Waals surface area contributed by atoms with Gasteiger partial charge in [-0.05, 0) is 6.92 Å². The van der Waals surface area contributed by atoms with Crippen LogP contribution in [0.3, 0.4) is 0 Å². The maximum Gasteiger partial charge on any atom is 0.263 e. The molecule has 8 heteroatoms. The summed E-state index contributed by atoms with van der Waals surface area (Å²) in [6.45, 7) is 2.31. The van der Waals surface area contributed by atoms with E-state index >= 15 is 0 Å². The third kappa shape index (κ3) is 3.58. The molecule has 2 heterocycles. The fraction of sp³-hybridized carbons (Fsp3) is 0.455. The molecule has 2 rings (SSSR count). The highest BCUT2D eigenvalue weighted by atomic mass is 32.1. The molecule has 1 amide bonds. The molecule has 0 fully saturated rings. The van der Waals surface area contributed by atoms with Gasteiger partial charge in [-0.25, -0.2) is 0 Å². The van der Waals surface area contributed by atoms with Gasteiger partial charge >= 0.3 is 0 Å². The van der Waals surface area contributed by atoms with Gasteiger partial charge in [-0.2, -0.15) is 4.98 Å². The monoisotopic (exact) mass is 282 g/mol. The van der Waals surface area contributed by atoms with E-state index in [1.54, 1.807) is 19.5 Å². The predicted octanol–water partition coefficient (Wildman–Crippen LogP) is 1.21. The predicted molar refractivity (Wildman–Crippen MR) is 67.9 cm³/mol. The number of carbonyl (C=O) groups is 1. The summed E-state index contributed by atoms with van der Waals surface area (Å²) in [6, 6.07) is -0.349. The van der Waals surface area contributed by atoms with Gasteiger partial charge in [0.2, 0.25) is 5.89 Å². The van der Waals surface area contributed by atoms with Crippen molar-refractivity contribution in [3.63, 3.8) is 0 Å². The summed E-state index contributed by atoms with van der Waals surface area (Å²) < 4.78 is 10.0. The van der Waals surface area contributed by atoms with E-state index in [1.165, 1.54) is 17.5 Å². The van der Waals surface area contributed by atoms with E-state index in [9.17, 15) is 4.79 Å². The Bertz CT molecular complexity index is 526. The van der Waals surface area contributed by atoms with E-state index in [1.807, 2.05) is 0 Å². The molecule has 0 aliphatic rings. The molecule has 2 aromatic rings. The van der Waals surface area contributed by atoms with Crippen molar-refractivity contribution in [3.05, 3.63) is 28.3 Å². The molecular formula is C11H14N4O3S. The Labute approximate surface area is 114 Å². The van der Waals surface area contributed by atoms with Gasteiger partial charge in [0, 0.05) is 13.5 Å². The zero-order valence-electron chi connectivity index (χ0n) is 10.6. The molecule has 0 aromatic carbocycles. The number of carbonyl (C=O) groups excluding carboxylic acids is 1. The van der Waals surface area contributed by atoms with Crippen LogP contribution in [0.1, 0.15) is 34.4 Å². The Balaban J connectivity index is 1.94. The zero-order valence-corrected chi connectivity index (χ0v) is 11.4. The van der Waals surface area contributed by atoms with Gasteiger partial charge in [-0.1, -0.05) is 5.16 Å². The van der Waals surface area contributed by atoms with Crippen molar-refractivity contribution >= 4 is 17.2 Å². The summed E-state index contributed by atoms with van der Waals surface area (Å²) in [5.41, 5.74) is 1.61. The molecule has 0 aliphatic carbocycles. The van der Waals surface area contributed by atoms with Gasteiger partial charge < -0.3 is 14.6 Å². The van der Waals surface area contributed by atoms with Crippen molar-refractivity contribution in [3.8, 4) is 0 Å². The second-order valence-electron chi connectivity index (χ2n) is 3.85. The first-order chi connectivity index (χ1) is 9.20. The number of amides is 1. The third-order valence-electron chi connectivity index (χ3n) is 2.39. The van der Waals surface area contributed by atoms with Crippen molar-refractivity contribution < 1.29 is 14.1 Å². The lowest BCUT2D eigenvalue weighted by molar-refractivity contribution is 0.0936. The van der Waals surface area contributed by atoms with Gasteiger partial charge in [0.05, 0.1) is 18.3 Å². The highest BCUT2D eigenvalue weighted by Crippen LogP contribution is 2.12. The van der Waals surface area contributed by atoms with Crippen molar-refractivity contribution in [2.75, 3.05) is 13.7 Å². The highest BCUT2D eigenvalue weighted by molar-refractivity contribution is 7.11. The molecule has 2 aromatic heterocycles. The van der Waals surface area contributed by atoms with E-state index in [-0.39, 0.29) is 11.9 Å². The highest BCUT2D eigenvalue weighted by Gasteiger charge is 2.18. The number of ether oxygens (including phenoxy) is 1. The number of hydrogen-bond donors (Lipinski definition) is 1. The van der Waals surface area contributed by atoms with Gasteiger partial charge in [-0.15, -0.1) is 11.3 Å². The molecule has 1 atom stereocenters. The minimum absolute atomic E-state index is 0.202. The summed E-state index contributed by atoms with van der Waals surface area (Å²) in [4.78, 5) is 20.4. The van der Waals surface area contributed by atoms with Crippen LogP contribution < -0.4 is 5.32 Å². The Kier molecular flexibility index (Phi) is 4.58. The Morgan fingerprint density at radius 1 is 1.63 bits per heavy atom. The van der Waals surface area contributed by atoms with Crippen LogP contribution in [0.2, 0.25) is 0 Å². The topological polar surface area (TPSA) is 90.1 Å². The lowest BCUT2D eigenvalue weighted by Gasteiger charge is -2.07. The number of thiazole rings is 1. The summed E-state index contributed by atoms with van der Waals surface area (Å²) >= 11 is 1.28. The molecular weight excluding hydrogens is 268 g/mol. The lowest BCUT2D eigenvalue weighted by atomic mass is 10.3. The first kappa shape index (κ1) is 13.6. The maximum absolute atomic E-state index is 11.8. The molecule has 0 saturated heterocycles. The zero-order chi connectivity index (χ0) is 13.7. The number of nitrogens with zero attached hydrogens (tertiary/aromatic N) is 3. The number of hydrogen-bond acceptors (Lipinski definition) is 7. The summed E-state index contributed by atoms with van der Waals surface area (Å²) in [5.74, 6) is 0.742. The van der Waals surface area contributed by atoms with E-state index in [2.05, 4.69) is 20.4 Å². The lowest BCUT2D eigenvalue weighted by Crippen LogP contribution is -2.26. The van der Waals surface area contributed by atoms with Gasteiger partial charge in [0.1, 0.15) is 10.9 Å². The summed E-state index contributed by atoms with van der Waals surface area (Å²) in [7, 11) is 1.61. The molecule has 0 spiro atoms. The fourth-order valence-electron chi connectivity index (χ4n) is 1.40. The second kappa shape index (κ2) is 6.39. The number of aromatic nitrogens is 3. The molecule has 19 heavy (non-hydrogen) atoms. The van der Waals surface area contributed by atoms with Crippen molar-refractivity contribution in [2.24, 2.45) is 0 Å². The van der Waals surface area contributed by atoms with Crippen LogP contribution in [0.4, 0.5) is 0 Å². The van der Waals surface area contributed by atoms with Crippen LogP contribution in [0.25, 0.3) is 0 Å². The standard InChI is InChI=1S/C11H14N4O3S/c1-7(13-10(16)8-5-12-6-19-8)11-14-9(15-18-11)3-4-17-2/h5-7H,3-4H2,1-2H3,(H,13,16)/t7-/m0/s1. The number of methoxy groups -OCH3 is 1. The first-order valence-electron chi connectivity index (χ1n) is 5.71. The van der Waals surface area contributed by atoms with Crippen LogP contribution in [-0.2, 0) is 11.2 Å². The van der Waals surface area contributed by atoms with Crippen LogP contribution in [-0.4, -0.2) is 34.7 Å². The number of rotatable bonds is 6. The molecule has 0 aliphatic heterocycles. The number of nitrogens with one attached hydrogen (secondary N) is 1. The Morgan fingerprint density at radius 2 is 2.47 bits per heavy atom. The van der Waals surface area contributed by atoms with Crippen molar-refractivity contribution in [1.82, 2.24) is 20.4 Å². The van der Waals surface area contributed by atoms with Crippen LogP contribution in [0, 0.1) is 0 Å². The van der Waals surface area contributed by atoms with E-state index in [0.717, 1.165) is 0 Å². The Morgan fingerprint density at radius 3 is 3.16 bits per heavy atom. The molecule has 102 valence electrons. The molecule has 0 bridgehead atoms. The van der Waals surface area contributed by atoms with Crippen LogP contribution >= 0.6 is 11.3 Å². The van der Waals surface area contributed by atoms with Gasteiger partial charge in [0.25, 0.3) is 5.91 Å². The second-order valence-corrected chi connectivity index (χ2v) is 4.74. The minimum atomic E-state index is -0.349. The summed E-state index contributed by atoms with van der Waals surface area (Å²) in [5, 5.41) is 6.59. The van der Waals surface area contributed by atoms with Crippen molar-refractivity contribution in [2.45, 2.75) is 19.4 Å². The Hall–Kier alpha value is -1.80. The van der Waals surface area contributed by atoms with Crippen LogP contribution in [0.5, 0.6) is 0 Å². The quantitative estimate of drug-likeness (QED) is 0.856.